The van der Waals surface area contributed by atoms with E-state index in [0.29, 0.717) is 6.73 Å². The van der Waals surface area contributed by atoms with E-state index in [-0.39, 0.29) is 5.79 Å². The molecule has 2 aliphatic rings. The quantitative estimate of drug-likeness (QED) is 0.484. The van der Waals surface area contributed by atoms with Crippen molar-refractivity contribution in [1.29, 1.82) is 0 Å². The second-order valence-electron chi connectivity index (χ2n) is 2.70. The van der Waals surface area contributed by atoms with E-state index < -0.39 is 0 Å². The summed E-state index contributed by atoms with van der Waals surface area (Å²) in [6, 6.07) is 0. The average Bonchev–Trinajstić information content (AvgIpc) is 2.39. The minimum atomic E-state index is -0.300. The molecule has 4 heteroatoms. The van der Waals surface area contributed by atoms with Gasteiger partial charge in [0.15, 0.2) is 5.79 Å². The van der Waals surface area contributed by atoms with E-state index in [2.05, 4.69) is 10.8 Å². The van der Waals surface area contributed by atoms with E-state index >= 15 is 0 Å². The Morgan fingerprint density at radius 3 is 2.60 bits per heavy atom. The predicted octanol–water partition coefficient (Wildman–Crippen LogP) is -0.425. The summed E-state index contributed by atoms with van der Waals surface area (Å²) in [7, 11) is 0. The van der Waals surface area contributed by atoms with Crippen LogP contribution in [0.5, 0.6) is 0 Å². The van der Waals surface area contributed by atoms with E-state index in [4.69, 9.17) is 9.57 Å². The van der Waals surface area contributed by atoms with Gasteiger partial charge in [-0.3, -0.25) is 4.84 Å². The molecule has 10 heavy (non-hydrogen) atoms. The fourth-order valence-corrected chi connectivity index (χ4v) is 1.41. The van der Waals surface area contributed by atoms with E-state index in [1.807, 2.05) is 0 Å². The van der Waals surface area contributed by atoms with Crippen LogP contribution in [-0.2, 0) is 9.57 Å². The van der Waals surface area contributed by atoms with Crippen molar-refractivity contribution in [3.63, 3.8) is 0 Å². The topological polar surface area (TPSA) is 42.5 Å². The lowest BCUT2D eigenvalue weighted by Crippen LogP contribution is -2.43. The van der Waals surface area contributed by atoms with Gasteiger partial charge < -0.3 is 10.1 Å². The van der Waals surface area contributed by atoms with E-state index in [1.165, 1.54) is 0 Å². The number of ether oxygens (including phenoxy) is 1. The predicted molar refractivity (Wildman–Crippen MR) is 35.0 cm³/mol. The molecule has 2 aliphatic heterocycles. The summed E-state index contributed by atoms with van der Waals surface area (Å²) in [6.45, 7) is 2.50. The molecule has 0 unspecified atom stereocenters. The highest BCUT2D eigenvalue weighted by Gasteiger charge is 2.37. The first-order chi connectivity index (χ1) is 4.91. The number of hydrogen-bond donors (Lipinski definition) is 2. The molecular weight excluding hydrogens is 132 g/mol. The molecule has 0 bridgehead atoms. The Labute approximate surface area is 59.8 Å². The van der Waals surface area contributed by atoms with Gasteiger partial charge in [-0.05, 0) is 0 Å². The van der Waals surface area contributed by atoms with E-state index in [0.717, 1.165) is 25.9 Å². The molecule has 0 atom stereocenters. The summed E-state index contributed by atoms with van der Waals surface area (Å²) in [5.74, 6) is -0.300. The van der Waals surface area contributed by atoms with Gasteiger partial charge in [-0.2, -0.15) is 5.48 Å². The van der Waals surface area contributed by atoms with Gasteiger partial charge in [-0.25, -0.2) is 0 Å². The van der Waals surface area contributed by atoms with Crippen LogP contribution in [0.4, 0.5) is 0 Å². The van der Waals surface area contributed by atoms with Crippen molar-refractivity contribution in [1.82, 2.24) is 10.8 Å². The van der Waals surface area contributed by atoms with Crippen molar-refractivity contribution in [3.8, 4) is 0 Å². The minimum Gasteiger partial charge on any atom is -0.331 e. The van der Waals surface area contributed by atoms with Crippen LogP contribution in [0.2, 0.25) is 0 Å². The van der Waals surface area contributed by atoms with Crippen molar-refractivity contribution < 1.29 is 9.57 Å². The second-order valence-corrected chi connectivity index (χ2v) is 2.70. The van der Waals surface area contributed by atoms with Crippen molar-refractivity contribution in [3.05, 3.63) is 0 Å². The monoisotopic (exact) mass is 144 g/mol. The van der Waals surface area contributed by atoms with Crippen molar-refractivity contribution >= 4 is 0 Å². The Morgan fingerprint density at radius 2 is 2.00 bits per heavy atom. The van der Waals surface area contributed by atoms with Gasteiger partial charge in [0.25, 0.3) is 0 Å². The Hall–Kier alpha value is -0.160. The second kappa shape index (κ2) is 2.47. The van der Waals surface area contributed by atoms with Gasteiger partial charge in [0.1, 0.15) is 6.73 Å². The van der Waals surface area contributed by atoms with E-state index in [1.54, 1.807) is 0 Å². The average molecular weight is 144 g/mol. The smallest absolute Gasteiger partial charge is 0.191 e. The number of nitrogens with one attached hydrogen (secondary N) is 2. The molecule has 2 saturated heterocycles. The highest BCUT2D eigenvalue weighted by atomic mass is 16.8. The van der Waals surface area contributed by atoms with Crippen LogP contribution < -0.4 is 10.8 Å². The molecule has 2 N–H and O–H groups in total. The highest BCUT2D eigenvalue weighted by molar-refractivity contribution is 4.78. The molecule has 0 aromatic rings. The summed E-state index contributed by atoms with van der Waals surface area (Å²) >= 11 is 0. The van der Waals surface area contributed by atoms with Crippen molar-refractivity contribution in [2.24, 2.45) is 0 Å². The molecular formula is C6H12N2O2. The molecule has 0 saturated carbocycles. The molecule has 2 rings (SSSR count). The third-order valence-electron chi connectivity index (χ3n) is 2.02. The summed E-state index contributed by atoms with van der Waals surface area (Å²) in [4.78, 5) is 5.27. The van der Waals surface area contributed by atoms with Crippen LogP contribution in [-0.4, -0.2) is 25.6 Å². The zero-order chi connectivity index (χ0) is 6.86. The van der Waals surface area contributed by atoms with Gasteiger partial charge in [-0.15, -0.1) is 0 Å². The molecule has 0 aromatic heterocycles. The molecule has 0 amide bonds. The molecule has 2 fully saturated rings. The maximum absolute atomic E-state index is 5.41. The molecule has 0 radical (unpaired) electrons. The van der Waals surface area contributed by atoms with Crippen molar-refractivity contribution in [2.75, 3.05) is 19.8 Å². The Bertz CT molecular complexity index is 115. The maximum atomic E-state index is 5.41. The Balaban J connectivity index is 1.98. The van der Waals surface area contributed by atoms with Gasteiger partial charge in [-0.1, -0.05) is 0 Å². The first kappa shape index (κ1) is 6.54. The molecule has 4 nitrogen and oxygen atoms in total. The number of hydrogen-bond acceptors (Lipinski definition) is 4. The fourth-order valence-electron chi connectivity index (χ4n) is 1.41. The van der Waals surface area contributed by atoms with Gasteiger partial charge in [0.2, 0.25) is 0 Å². The van der Waals surface area contributed by atoms with E-state index in [9.17, 15) is 0 Å². The van der Waals surface area contributed by atoms with Gasteiger partial charge in [0.05, 0.1) is 0 Å². The van der Waals surface area contributed by atoms with Crippen LogP contribution in [0.25, 0.3) is 0 Å². The third-order valence-corrected chi connectivity index (χ3v) is 2.02. The molecule has 2 heterocycles. The number of piperidine rings is 1. The standard InChI is InChI=1S/C6H12N2O2/c1-3-7-4-2-6(1)9-5-8-10-6/h7-8H,1-5H2. The van der Waals surface area contributed by atoms with Crippen molar-refractivity contribution in [2.45, 2.75) is 18.6 Å². The molecule has 1 spiro atoms. The minimum absolute atomic E-state index is 0.300. The molecule has 58 valence electrons. The van der Waals surface area contributed by atoms with Crippen LogP contribution in [0, 0.1) is 0 Å². The number of hydroxylamine groups is 1. The third kappa shape index (κ3) is 1.03. The normalized spacial score (nSPS) is 31.2. The number of rotatable bonds is 0. The van der Waals surface area contributed by atoms with Crippen LogP contribution in [0.1, 0.15) is 12.8 Å². The summed E-state index contributed by atoms with van der Waals surface area (Å²) in [5, 5.41) is 3.25. The maximum Gasteiger partial charge on any atom is 0.191 e. The van der Waals surface area contributed by atoms with Gasteiger partial charge >= 0.3 is 0 Å². The Kier molecular flexibility index (Phi) is 1.61. The lowest BCUT2D eigenvalue weighted by atomic mass is 10.1. The summed E-state index contributed by atoms with van der Waals surface area (Å²) in [5.41, 5.74) is 2.73. The summed E-state index contributed by atoms with van der Waals surface area (Å²) < 4.78 is 5.41. The first-order valence-corrected chi connectivity index (χ1v) is 3.67. The van der Waals surface area contributed by atoms with Crippen LogP contribution in [0.3, 0.4) is 0 Å². The summed E-state index contributed by atoms with van der Waals surface area (Å²) in [6.07, 6.45) is 1.89. The largest absolute Gasteiger partial charge is 0.331 e. The zero-order valence-electron chi connectivity index (χ0n) is 5.85. The fraction of sp³-hybridized carbons (Fsp3) is 1.00. The van der Waals surface area contributed by atoms with Crippen LogP contribution in [0.15, 0.2) is 0 Å². The zero-order valence-corrected chi connectivity index (χ0v) is 5.85. The highest BCUT2D eigenvalue weighted by Crippen LogP contribution is 2.26. The molecule has 0 aromatic carbocycles. The SMILES string of the molecule is C1CC2(CCN1)OCNO2. The first-order valence-electron chi connectivity index (χ1n) is 3.67. The Morgan fingerprint density at radius 1 is 1.20 bits per heavy atom. The van der Waals surface area contributed by atoms with Gasteiger partial charge in [0, 0.05) is 25.9 Å². The molecule has 0 aliphatic carbocycles. The lowest BCUT2D eigenvalue weighted by Gasteiger charge is -2.29. The van der Waals surface area contributed by atoms with Crippen LogP contribution >= 0.6 is 0 Å². The lowest BCUT2D eigenvalue weighted by molar-refractivity contribution is -0.187.